The minimum Gasteiger partial charge on any atom is -0.483 e. The van der Waals surface area contributed by atoms with Gasteiger partial charge in [0, 0.05) is 11.4 Å². The quantitative estimate of drug-likeness (QED) is 0.883. The molecule has 0 radical (unpaired) electrons. The van der Waals surface area contributed by atoms with Crippen molar-refractivity contribution in [3.8, 4) is 5.75 Å². The minimum absolute atomic E-state index is 0.0681. The number of benzene rings is 1. The van der Waals surface area contributed by atoms with E-state index in [9.17, 15) is 4.79 Å². The molecule has 0 unspecified atom stereocenters. The fraction of sp³-hybridized carbons (Fsp3) is 0.308. The van der Waals surface area contributed by atoms with Gasteiger partial charge in [-0.2, -0.15) is 4.98 Å². The van der Waals surface area contributed by atoms with Gasteiger partial charge in [0.25, 0.3) is 11.8 Å². The normalized spacial score (nSPS) is 10.5. The number of halogens is 1. The zero-order valence-corrected chi connectivity index (χ0v) is 11.7. The first kappa shape index (κ1) is 14.3. The molecular weight excluding hydrogens is 282 g/mol. The van der Waals surface area contributed by atoms with Gasteiger partial charge in [-0.25, -0.2) is 0 Å². The van der Waals surface area contributed by atoms with E-state index >= 15 is 0 Å². The number of hydrogen-bond acceptors (Lipinski definition) is 5. The maximum Gasteiger partial charge on any atom is 0.264 e. The molecule has 0 atom stereocenters. The Hall–Kier alpha value is -2.08. The Morgan fingerprint density at radius 1 is 1.50 bits per heavy atom. The number of carbonyl (C=O) groups excluding carboxylic acids is 1. The molecule has 0 spiro atoms. The van der Waals surface area contributed by atoms with Crippen LogP contribution in [0.25, 0.3) is 0 Å². The molecule has 0 bridgehead atoms. The Bertz CT molecular complexity index is 613. The average molecular weight is 296 g/mol. The minimum atomic E-state index is -0.611. The molecule has 0 aliphatic heterocycles. The summed E-state index contributed by atoms with van der Waals surface area (Å²) in [7, 11) is 0. The number of primary amides is 1. The summed E-state index contributed by atoms with van der Waals surface area (Å²) in [5, 5.41) is 4.22. The highest BCUT2D eigenvalue weighted by atomic mass is 35.5. The van der Waals surface area contributed by atoms with Crippen LogP contribution in [0, 0.1) is 0 Å². The number of aromatic nitrogens is 2. The van der Waals surface area contributed by atoms with Crippen LogP contribution in [-0.4, -0.2) is 16.0 Å². The molecule has 2 aromatic rings. The summed E-state index contributed by atoms with van der Waals surface area (Å²) >= 11 is 5.81. The monoisotopic (exact) mass is 295 g/mol. The molecule has 0 aliphatic carbocycles. The molecule has 1 aromatic heterocycles. The highest BCUT2D eigenvalue weighted by Gasteiger charge is 2.12. The molecule has 1 heterocycles. The molecule has 0 aliphatic rings. The number of rotatable bonds is 6. The number of amides is 1. The third-order valence-electron chi connectivity index (χ3n) is 2.54. The van der Waals surface area contributed by atoms with Crippen LogP contribution in [0.4, 0.5) is 0 Å². The van der Waals surface area contributed by atoms with Gasteiger partial charge in [-0.1, -0.05) is 23.7 Å². The predicted molar refractivity (Wildman–Crippen MR) is 72.6 cm³/mol. The first-order valence-corrected chi connectivity index (χ1v) is 6.51. The molecule has 20 heavy (non-hydrogen) atoms. The van der Waals surface area contributed by atoms with Gasteiger partial charge in [0.05, 0.1) is 5.56 Å². The molecule has 2 rings (SSSR count). The molecule has 106 valence electrons. The average Bonchev–Trinajstić information content (AvgIpc) is 2.85. The Morgan fingerprint density at radius 3 is 3.00 bits per heavy atom. The zero-order chi connectivity index (χ0) is 14.5. The van der Waals surface area contributed by atoms with Gasteiger partial charge < -0.3 is 15.0 Å². The second-order valence-electron chi connectivity index (χ2n) is 4.15. The SMILES string of the molecule is CCCc1noc(COc2ccc(Cl)cc2C(N)=O)n1. The number of aryl methyl sites for hydroxylation is 1. The summed E-state index contributed by atoms with van der Waals surface area (Å²) in [5.41, 5.74) is 5.48. The third kappa shape index (κ3) is 3.48. The summed E-state index contributed by atoms with van der Waals surface area (Å²) < 4.78 is 10.5. The van der Waals surface area contributed by atoms with Gasteiger partial charge in [0.15, 0.2) is 12.4 Å². The topological polar surface area (TPSA) is 91.2 Å². The smallest absolute Gasteiger partial charge is 0.264 e. The van der Waals surface area contributed by atoms with E-state index in [1.165, 1.54) is 6.07 Å². The first-order chi connectivity index (χ1) is 9.60. The molecule has 0 fully saturated rings. The Kier molecular flexibility index (Phi) is 4.57. The standard InChI is InChI=1S/C13H14ClN3O3/c1-2-3-11-16-12(20-17-11)7-19-10-5-4-8(14)6-9(10)13(15)18/h4-6H,2-3,7H2,1H3,(H2,15,18). The lowest BCUT2D eigenvalue weighted by atomic mass is 10.2. The summed E-state index contributed by atoms with van der Waals surface area (Å²) in [5.74, 6) is 0.702. The fourth-order valence-electron chi connectivity index (χ4n) is 1.63. The van der Waals surface area contributed by atoms with Crippen LogP contribution in [0.15, 0.2) is 22.7 Å². The highest BCUT2D eigenvalue weighted by Crippen LogP contribution is 2.23. The van der Waals surface area contributed by atoms with E-state index in [1.54, 1.807) is 12.1 Å². The highest BCUT2D eigenvalue weighted by molar-refractivity contribution is 6.31. The number of hydrogen-bond donors (Lipinski definition) is 1. The maximum atomic E-state index is 11.3. The van der Waals surface area contributed by atoms with Gasteiger partial charge in [-0.3, -0.25) is 4.79 Å². The van der Waals surface area contributed by atoms with E-state index in [2.05, 4.69) is 10.1 Å². The molecule has 1 aromatic carbocycles. The maximum absolute atomic E-state index is 11.3. The zero-order valence-electron chi connectivity index (χ0n) is 10.9. The number of carbonyl (C=O) groups is 1. The van der Waals surface area contributed by atoms with Gasteiger partial charge in [-0.05, 0) is 24.6 Å². The van der Waals surface area contributed by atoms with Crippen molar-refractivity contribution < 1.29 is 14.1 Å². The summed E-state index contributed by atoms with van der Waals surface area (Å²) in [4.78, 5) is 15.5. The van der Waals surface area contributed by atoms with Gasteiger partial charge >= 0.3 is 0 Å². The van der Waals surface area contributed by atoms with Crippen LogP contribution in [0.3, 0.4) is 0 Å². The Labute approximate surface area is 120 Å². The van der Waals surface area contributed by atoms with Crippen LogP contribution in [0.5, 0.6) is 5.75 Å². The fourth-order valence-corrected chi connectivity index (χ4v) is 1.81. The lowest BCUT2D eigenvalue weighted by Crippen LogP contribution is -2.13. The van der Waals surface area contributed by atoms with Crippen LogP contribution < -0.4 is 10.5 Å². The van der Waals surface area contributed by atoms with Crippen molar-refractivity contribution in [2.24, 2.45) is 5.73 Å². The van der Waals surface area contributed by atoms with E-state index < -0.39 is 5.91 Å². The summed E-state index contributed by atoms with van der Waals surface area (Å²) in [6, 6.07) is 4.64. The summed E-state index contributed by atoms with van der Waals surface area (Å²) in [6.07, 6.45) is 1.68. The molecule has 2 N–H and O–H groups in total. The predicted octanol–water partition coefficient (Wildman–Crippen LogP) is 2.35. The van der Waals surface area contributed by atoms with E-state index in [0.717, 1.165) is 12.8 Å². The van der Waals surface area contributed by atoms with Gasteiger partial charge in [0.1, 0.15) is 5.75 Å². The van der Waals surface area contributed by atoms with Crippen molar-refractivity contribution >= 4 is 17.5 Å². The number of nitrogens with two attached hydrogens (primary N) is 1. The van der Waals surface area contributed by atoms with Crippen LogP contribution >= 0.6 is 11.6 Å². The van der Waals surface area contributed by atoms with Crippen molar-refractivity contribution in [3.63, 3.8) is 0 Å². The van der Waals surface area contributed by atoms with Crippen LogP contribution in [-0.2, 0) is 13.0 Å². The molecule has 7 heteroatoms. The van der Waals surface area contributed by atoms with Crippen molar-refractivity contribution in [1.82, 2.24) is 10.1 Å². The van der Waals surface area contributed by atoms with Gasteiger partial charge in [-0.15, -0.1) is 0 Å². The largest absolute Gasteiger partial charge is 0.483 e. The lowest BCUT2D eigenvalue weighted by molar-refractivity contribution is 0.0995. The lowest BCUT2D eigenvalue weighted by Gasteiger charge is -2.07. The van der Waals surface area contributed by atoms with E-state index in [0.29, 0.717) is 22.5 Å². The molecule has 1 amide bonds. The molecule has 0 saturated heterocycles. The van der Waals surface area contributed by atoms with Crippen molar-refractivity contribution in [2.75, 3.05) is 0 Å². The first-order valence-electron chi connectivity index (χ1n) is 6.13. The second-order valence-corrected chi connectivity index (χ2v) is 4.58. The third-order valence-corrected chi connectivity index (χ3v) is 2.78. The van der Waals surface area contributed by atoms with Crippen LogP contribution in [0.2, 0.25) is 5.02 Å². The Balaban J connectivity index is 2.08. The van der Waals surface area contributed by atoms with Crippen molar-refractivity contribution in [3.05, 3.63) is 40.5 Å². The summed E-state index contributed by atoms with van der Waals surface area (Å²) in [6.45, 7) is 2.10. The molecular formula is C13H14ClN3O3. The van der Waals surface area contributed by atoms with E-state index in [1.807, 2.05) is 6.92 Å². The Morgan fingerprint density at radius 2 is 2.30 bits per heavy atom. The molecule has 6 nitrogen and oxygen atoms in total. The van der Waals surface area contributed by atoms with Crippen molar-refractivity contribution in [2.45, 2.75) is 26.4 Å². The van der Waals surface area contributed by atoms with E-state index in [4.69, 9.17) is 26.6 Å². The van der Waals surface area contributed by atoms with Gasteiger partial charge in [0.2, 0.25) is 0 Å². The number of ether oxygens (including phenoxy) is 1. The van der Waals surface area contributed by atoms with E-state index in [-0.39, 0.29) is 12.2 Å². The number of nitrogens with zero attached hydrogens (tertiary/aromatic N) is 2. The molecule has 0 saturated carbocycles. The van der Waals surface area contributed by atoms with Crippen molar-refractivity contribution in [1.29, 1.82) is 0 Å². The van der Waals surface area contributed by atoms with Crippen LogP contribution in [0.1, 0.15) is 35.4 Å². The second kappa shape index (κ2) is 6.38.